The Labute approximate surface area is 151 Å². The molecule has 0 radical (unpaired) electrons. The number of hydrogen-bond donors (Lipinski definition) is 0. The summed E-state index contributed by atoms with van der Waals surface area (Å²) in [6, 6.07) is 32.8. The van der Waals surface area contributed by atoms with Gasteiger partial charge in [-0.1, -0.05) is 91.0 Å². The molecule has 0 atom stereocenters. The van der Waals surface area contributed by atoms with Gasteiger partial charge in [-0.15, -0.1) is 0 Å². The molecule has 0 fully saturated rings. The van der Waals surface area contributed by atoms with Crippen LogP contribution < -0.4 is 17.0 Å². The van der Waals surface area contributed by atoms with E-state index in [9.17, 15) is 0 Å². The maximum absolute atomic E-state index is 2.26. The van der Waals surface area contributed by atoms with Crippen molar-refractivity contribution < 1.29 is 17.0 Å². The van der Waals surface area contributed by atoms with Crippen LogP contribution in [-0.2, 0) is 18.5 Å². The van der Waals surface area contributed by atoms with E-state index in [1.807, 2.05) is 0 Å². The van der Waals surface area contributed by atoms with Crippen LogP contribution in [0.1, 0.15) is 16.7 Å². The van der Waals surface area contributed by atoms with Crippen molar-refractivity contribution in [1.29, 1.82) is 0 Å². The van der Waals surface area contributed by atoms with Gasteiger partial charge >= 0.3 is 0 Å². The summed E-state index contributed by atoms with van der Waals surface area (Å²) in [7, 11) is -0.502. The van der Waals surface area contributed by atoms with Crippen LogP contribution in [0.4, 0.5) is 0 Å². The Morgan fingerprint density at radius 3 is 0.957 bits per heavy atom. The van der Waals surface area contributed by atoms with E-state index in [1.165, 1.54) is 35.2 Å². The minimum Gasteiger partial charge on any atom is -1.00 e. The molecule has 118 valence electrons. The van der Waals surface area contributed by atoms with E-state index in [-0.39, 0.29) is 17.0 Å². The van der Waals surface area contributed by atoms with Gasteiger partial charge in [-0.25, -0.2) is 0 Å². The quantitative estimate of drug-likeness (QED) is 0.573. The molecule has 3 rings (SSSR count). The van der Waals surface area contributed by atoms with E-state index in [4.69, 9.17) is 0 Å². The van der Waals surface area contributed by atoms with Crippen LogP contribution in [0.2, 0.25) is 0 Å². The Morgan fingerprint density at radius 1 is 0.435 bits per heavy atom. The third-order valence-electron chi connectivity index (χ3n) is 3.89. The molecular weight excluding hydrogens is 363 g/mol. The lowest BCUT2D eigenvalue weighted by atomic mass is 10.2. The average Bonchev–Trinajstić information content (AvgIpc) is 2.57. The highest BCUT2D eigenvalue weighted by atomic mass is 79.9. The number of halogens is 1. The lowest BCUT2D eigenvalue weighted by Crippen LogP contribution is -3.00. The average molecular weight is 385 g/mol. The lowest BCUT2D eigenvalue weighted by Gasteiger charge is -2.11. The molecule has 0 aromatic heterocycles. The molecule has 0 spiro atoms. The van der Waals surface area contributed by atoms with Crippen LogP contribution in [0.15, 0.2) is 91.0 Å². The maximum Gasteiger partial charge on any atom is 0.0826 e. The van der Waals surface area contributed by atoms with Crippen molar-refractivity contribution in [2.24, 2.45) is 0 Å². The Hall–Kier alpha value is -1.43. The summed E-state index contributed by atoms with van der Waals surface area (Å²) in [5.74, 6) is 0. The van der Waals surface area contributed by atoms with E-state index in [0.717, 1.165) is 0 Å². The molecule has 0 aliphatic rings. The molecule has 0 saturated heterocycles. The van der Waals surface area contributed by atoms with Crippen molar-refractivity contribution in [3.63, 3.8) is 0 Å². The summed E-state index contributed by atoms with van der Waals surface area (Å²) >= 11 is 0. The van der Waals surface area contributed by atoms with E-state index < -0.39 is 7.92 Å². The highest BCUT2D eigenvalue weighted by Gasteiger charge is 2.18. The van der Waals surface area contributed by atoms with E-state index >= 15 is 0 Å². The molecule has 0 aliphatic carbocycles. The predicted octanol–water partition coefficient (Wildman–Crippen LogP) is 2.81. The van der Waals surface area contributed by atoms with Crippen LogP contribution in [0.25, 0.3) is 0 Å². The molecule has 23 heavy (non-hydrogen) atoms. The summed E-state index contributed by atoms with van der Waals surface area (Å²) in [6.07, 6.45) is 3.69. The van der Waals surface area contributed by atoms with E-state index in [2.05, 4.69) is 91.0 Å². The molecule has 0 nitrogen and oxygen atoms in total. The van der Waals surface area contributed by atoms with Crippen LogP contribution in [0.5, 0.6) is 0 Å². The highest BCUT2D eigenvalue weighted by Crippen LogP contribution is 2.46. The first-order valence-corrected chi connectivity index (χ1v) is 9.97. The zero-order valence-corrected chi connectivity index (χ0v) is 15.7. The van der Waals surface area contributed by atoms with Crippen molar-refractivity contribution in [3.8, 4) is 0 Å². The van der Waals surface area contributed by atoms with Gasteiger partial charge < -0.3 is 17.0 Å². The molecule has 0 heterocycles. The fourth-order valence-corrected chi connectivity index (χ4v) is 5.66. The molecule has 3 aromatic carbocycles. The normalized spacial score (nSPS) is 10.3. The molecular formula is C21H22BrP. The lowest BCUT2D eigenvalue weighted by molar-refractivity contribution is -0.00000449. The zero-order chi connectivity index (χ0) is 15.0. The van der Waals surface area contributed by atoms with Crippen LogP contribution in [-0.4, -0.2) is 0 Å². The summed E-state index contributed by atoms with van der Waals surface area (Å²) in [6.45, 7) is 0. The Kier molecular flexibility index (Phi) is 7.52. The molecule has 0 saturated carbocycles. The molecule has 0 unspecified atom stereocenters. The molecule has 0 amide bonds. The number of hydrogen-bond acceptors (Lipinski definition) is 0. The van der Waals surface area contributed by atoms with Crippen LogP contribution >= 0.6 is 7.92 Å². The molecule has 0 aliphatic heterocycles. The van der Waals surface area contributed by atoms with Gasteiger partial charge in [-0.05, 0) is 16.7 Å². The van der Waals surface area contributed by atoms with Crippen molar-refractivity contribution >= 4 is 7.92 Å². The fraction of sp³-hybridized carbons (Fsp3) is 0.143. The van der Waals surface area contributed by atoms with Gasteiger partial charge in [0.05, 0.1) is 18.5 Å². The Bertz CT molecular complexity index is 569. The van der Waals surface area contributed by atoms with Crippen LogP contribution in [0.3, 0.4) is 0 Å². The zero-order valence-electron chi connectivity index (χ0n) is 13.2. The van der Waals surface area contributed by atoms with Crippen molar-refractivity contribution in [2.45, 2.75) is 18.5 Å². The van der Waals surface area contributed by atoms with Crippen LogP contribution in [0, 0.1) is 0 Å². The minimum atomic E-state index is -0.502. The highest BCUT2D eigenvalue weighted by molar-refractivity contribution is 7.55. The number of benzene rings is 3. The molecule has 0 bridgehead atoms. The van der Waals surface area contributed by atoms with E-state index in [0.29, 0.717) is 0 Å². The SMILES string of the molecule is [Br-].c1ccc(C[PH+](Cc2ccccc2)Cc2ccccc2)cc1. The first-order valence-electron chi connectivity index (χ1n) is 7.85. The fourth-order valence-electron chi connectivity index (χ4n) is 2.84. The molecule has 0 N–H and O–H groups in total. The van der Waals surface area contributed by atoms with E-state index in [1.54, 1.807) is 0 Å². The first-order chi connectivity index (χ1) is 10.9. The summed E-state index contributed by atoms with van der Waals surface area (Å²) in [4.78, 5) is 0. The van der Waals surface area contributed by atoms with Gasteiger partial charge in [0.2, 0.25) is 0 Å². The summed E-state index contributed by atoms with van der Waals surface area (Å²) in [5, 5.41) is 0. The smallest absolute Gasteiger partial charge is 0.0826 e. The third-order valence-corrected chi connectivity index (χ3v) is 6.62. The van der Waals surface area contributed by atoms with Crippen molar-refractivity contribution in [3.05, 3.63) is 108 Å². The predicted molar refractivity (Wildman–Crippen MR) is 98.8 cm³/mol. The second kappa shape index (κ2) is 9.65. The van der Waals surface area contributed by atoms with Gasteiger partial charge in [0, 0.05) is 7.92 Å². The van der Waals surface area contributed by atoms with Crippen molar-refractivity contribution in [1.82, 2.24) is 0 Å². The second-order valence-corrected chi connectivity index (χ2v) is 8.30. The monoisotopic (exact) mass is 384 g/mol. The molecule has 3 aromatic rings. The first kappa shape index (κ1) is 17.9. The summed E-state index contributed by atoms with van der Waals surface area (Å²) in [5.41, 5.74) is 4.43. The maximum atomic E-state index is 2.26. The Balaban J connectivity index is 0.00000192. The third kappa shape index (κ3) is 5.94. The Morgan fingerprint density at radius 2 is 0.696 bits per heavy atom. The largest absolute Gasteiger partial charge is 1.00 e. The van der Waals surface area contributed by atoms with Gasteiger partial charge in [0.15, 0.2) is 0 Å². The second-order valence-electron chi connectivity index (χ2n) is 5.74. The van der Waals surface area contributed by atoms with Gasteiger partial charge in [-0.2, -0.15) is 0 Å². The topological polar surface area (TPSA) is 0 Å². The number of rotatable bonds is 6. The summed E-state index contributed by atoms with van der Waals surface area (Å²) < 4.78 is 0. The van der Waals surface area contributed by atoms with Crippen molar-refractivity contribution in [2.75, 3.05) is 0 Å². The minimum absolute atomic E-state index is 0. The molecule has 2 heteroatoms. The standard InChI is InChI=1S/C21H21P.BrH/c1-4-10-19(11-5-1)16-22(17-20-12-6-2-7-13-20)18-21-14-8-3-9-15-21;/h1-15H,16-18H2;1H. The van der Waals surface area contributed by atoms with Gasteiger partial charge in [0.25, 0.3) is 0 Å². The van der Waals surface area contributed by atoms with Gasteiger partial charge in [-0.3, -0.25) is 0 Å². The van der Waals surface area contributed by atoms with Gasteiger partial charge in [0.1, 0.15) is 0 Å².